The largest absolute Gasteiger partial charge is 0.309 e. The number of likely N-dealkylation sites (N-methyl/N-ethyl adjacent to an activating group) is 1. The van der Waals surface area contributed by atoms with Gasteiger partial charge in [-0.15, -0.1) is 0 Å². The summed E-state index contributed by atoms with van der Waals surface area (Å²) >= 11 is 0. The molecular formula is C19H26N2. The van der Waals surface area contributed by atoms with Crippen molar-refractivity contribution in [2.45, 2.75) is 46.1 Å². The topological polar surface area (TPSA) is 24.9 Å². The van der Waals surface area contributed by atoms with Crippen LogP contribution in [0.3, 0.4) is 0 Å². The van der Waals surface area contributed by atoms with Crippen LogP contribution >= 0.6 is 0 Å². The van der Waals surface area contributed by atoms with Crippen LogP contribution in [0.15, 0.2) is 42.6 Å². The molecule has 1 N–H and O–H groups in total. The van der Waals surface area contributed by atoms with E-state index in [-0.39, 0.29) is 6.04 Å². The van der Waals surface area contributed by atoms with E-state index in [1.54, 1.807) is 0 Å². The van der Waals surface area contributed by atoms with Crippen molar-refractivity contribution in [3.8, 4) is 0 Å². The summed E-state index contributed by atoms with van der Waals surface area (Å²) in [5.41, 5.74) is 5.14. The van der Waals surface area contributed by atoms with Crippen molar-refractivity contribution in [2.75, 3.05) is 6.54 Å². The summed E-state index contributed by atoms with van der Waals surface area (Å²) in [6.45, 7) is 9.67. The Bertz CT molecular complexity index is 558. The molecule has 21 heavy (non-hydrogen) atoms. The summed E-state index contributed by atoms with van der Waals surface area (Å²) in [5, 5.41) is 3.55. The lowest BCUT2D eigenvalue weighted by atomic mass is 9.97. The van der Waals surface area contributed by atoms with Gasteiger partial charge >= 0.3 is 0 Å². The molecule has 0 aliphatic rings. The van der Waals surface area contributed by atoms with Crippen molar-refractivity contribution in [1.29, 1.82) is 0 Å². The molecule has 1 aromatic heterocycles. The highest BCUT2D eigenvalue weighted by atomic mass is 14.9. The predicted molar refractivity (Wildman–Crippen MR) is 89.6 cm³/mol. The van der Waals surface area contributed by atoms with Crippen LogP contribution in [0, 0.1) is 6.92 Å². The first kappa shape index (κ1) is 15.7. The van der Waals surface area contributed by atoms with Gasteiger partial charge in [-0.05, 0) is 54.6 Å². The van der Waals surface area contributed by atoms with E-state index in [9.17, 15) is 0 Å². The summed E-state index contributed by atoms with van der Waals surface area (Å²) in [5.74, 6) is 0.585. The van der Waals surface area contributed by atoms with E-state index in [4.69, 9.17) is 0 Å². The summed E-state index contributed by atoms with van der Waals surface area (Å²) < 4.78 is 0. The molecule has 0 fully saturated rings. The second kappa shape index (κ2) is 7.37. The maximum absolute atomic E-state index is 4.54. The molecule has 2 rings (SSSR count). The first-order chi connectivity index (χ1) is 10.1. The molecule has 1 unspecified atom stereocenters. The summed E-state index contributed by atoms with van der Waals surface area (Å²) in [6.07, 6.45) is 2.87. The van der Waals surface area contributed by atoms with Crippen molar-refractivity contribution in [3.63, 3.8) is 0 Å². The highest BCUT2D eigenvalue weighted by molar-refractivity contribution is 5.27. The summed E-state index contributed by atoms with van der Waals surface area (Å²) in [6, 6.07) is 13.5. The van der Waals surface area contributed by atoms with Gasteiger partial charge in [-0.3, -0.25) is 4.98 Å². The lowest BCUT2D eigenvalue weighted by molar-refractivity contribution is 0.536. The number of rotatable bonds is 6. The Balaban J connectivity index is 2.16. The third-order valence-electron chi connectivity index (χ3n) is 3.83. The van der Waals surface area contributed by atoms with Gasteiger partial charge in [0.1, 0.15) is 0 Å². The van der Waals surface area contributed by atoms with Crippen LogP contribution < -0.4 is 5.32 Å². The number of hydrogen-bond acceptors (Lipinski definition) is 2. The van der Waals surface area contributed by atoms with Crippen molar-refractivity contribution in [1.82, 2.24) is 10.3 Å². The minimum absolute atomic E-state index is 0.278. The lowest BCUT2D eigenvalue weighted by Crippen LogP contribution is -2.24. The second-order valence-corrected chi connectivity index (χ2v) is 5.97. The number of nitrogens with one attached hydrogen (secondary N) is 1. The van der Waals surface area contributed by atoms with E-state index >= 15 is 0 Å². The molecule has 0 saturated carbocycles. The molecule has 0 amide bonds. The third-order valence-corrected chi connectivity index (χ3v) is 3.83. The fourth-order valence-corrected chi connectivity index (χ4v) is 2.55. The molecule has 0 aliphatic carbocycles. The van der Waals surface area contributed by atoms with Gasteiger partial charge in [0.25, 0.3) is 0 Å². The van der Waals surface area contributed by atoms with Crippen LogP contribution in [-0.4, -0.2) is 11.5 Å². The number of aromatic nitrogens is 1. The Morgan fingerprint density at radius 3 is 2.38 bits per heavy atom. The highest BCUT2D eigenvalue weighted by Gasteiger charge is 2.13. The van der Waals surface area contributed by atoms with Gasteiger partial charge in [-0.1, -0.05) is 45.0 Å². The van der Waals surface area contributed by atoms with E-state index in [0.717, 1.165) is 18.7 Å². The van der Waals surface area contributed by atoms with E-state index in [2.05, 4.69) is 68.3 Å². The zero-order chi connectivity index (χ0) is 15.2. The fourth-order valence-electron chi connectivity index (χ4n) is 2.55. The smallest absolute Gasteiger partial charge is 0.0579 e. The van der Waals surface area contributed by atoms with Crippen LogP contribution in [0.5, 0.6) is 0 Å². The maximum Gasteiger partial charge on any atom is 0.0579 e. The SMILES string of the molecule is CCNC(Cc1ccc(C(C)C)cc1)c1cc(C)ccn1. The van der Waals surface area contributed by atoms with Gasteiger partial charge in [-0.25, -0.2) is 0 Å². The number of nitrogens with zero attached hydrogens (tertiary/aromatic N) is 1. The Labute approximate surface area is 128 Å². The first-order valence-electron chi connectivity index (χ1n) is 7.85. The number of pyridine rings is 1. The predicted octanol–water partition coefficient (Wildman–Crippen LogP) is 4.41. The molecule has 0 bridgehead atoms. The van der Waals surface area contributed by atoms with E-state index in [1.165, 1.54) is 16.7 Å². The van der Waals surface area contributed by atoms with Crippen LogP contribution in [0.4, 0.5) is 0 Å². The standard InChI is InChI=1S/C19H26N2/c1-5-20-19(18-12-15(4)10-11-21-18)13-16-6-8-17(9-7-16)14(2)3/h6-12,14,19-20H,5,13H2,1-4H3. The van der Waals surface area contributed by atoms with E-state index < -0.39 is 0 Å². The molecule has 2 heteroatoms. The van der Waals surface area contributed by atoms with Crippen LogP contribution in [0.1, 0.15) is 55.1 Å². The Kier molecular flexibility index (Phi) is 5.51. The molecule has 0 saturated heterocycles. The zero-order valence-electron chi connectivity index (χ0n) is 13.6. The molecule has 0 spiro atoms. The van der Waals surface area contributed by atoms with Crippen molar-refractivity contribution in [2.24, 2.45) is 0 Å². The third kappa shape index (κ3) is 4.40. The summed E-state index contributed by atoms with van der Waals surface area (Å²) in [4.78, 5) is 4.54. The zero-order valence-corrected chi connectivity index (χ0v) is 13.6. The minimum Gasteiger partial charge on any atom is -0.309 e. The molecular weight excluding hydrogens is 256 g/mol. The Morgan fingerprint density at radius 1 is 1.10 bits per heavy atom. The summed E-state index contributed by atoms with van der Waals surface area (Å²) in [7, 11) is 0. The number of hydrogen-bond donors (Lipinski definition) is 1. The molecule has 2 aromatic rings. The van der Waals surface area contributed by atoms with Crippen molar-refractivity contribution >= 4 is 0 Å². The van der Waals surface area contributed by atoms with Crippen LogP contribution in [0.25, 0.3) is 0 Å². The lowest BCUT2D eigenvalue weighted by Gasteiger charge is -2.18. The van der Waals surface area contributed by atoms with Crippen LogP contribution in [0.2, 0.25) is 0 Å². The van der Waals surface area contributed by atoms with Gasteiger partial charge in [0, 0.05) is 6.20 Å². The van der Waals surface area contributed by atoms with E-state index in [1.807, 2.05) is 12.3 Å². The molecule has 0 aliphatic heterocycles. The maximum atomic E-state index is 4.54. The molecule has 112 valence electrons. The molecule has 1 aromatic carbocycles. The van der Waals surface area contributed by atoms with Crippen molar-refractivity contribution in [3.05, 3.63) is 65.0 Å². The van der Waals surface area contributed by atoms with Gasteiger partial charge in [0.2, 0.25) is 0 Å². The highest BCUT2D eigenvalue weighted by Crippen LogP contribution is 2.20. The van der Waals surface area contributed by atoms with Crippen molar-refractivity contribution < 1.29 is 0 Å². The molecule has 2 nitrogen and oxygen atoms in total. The second-order valence-electron chi connectivity index (χ2n) is 5.97. The number of aryl methyl sites for hydroxylation is 1. The fraction of sp³-hybridized carbons (Fsp3) is 0.421. The quantitative estimate of drug-likeness (QED) is 0.849. The normalized spacial score (nSPS) is 12.6. The van der Waals surface area contributed by atoms with Gasteiger partial charge in [0.05, 0.1) is 11.7 Å². The van der Waals surface area contributed by atoms with Crippen LogP contribution in [-0.2, 0) is 6.42 Å². The minimum atomic E-state index is 0.278. The van der Waals surface area contributed by atoms with E-state index in [0.29, 0.717) is 5.92 Å². The van der Waals surface area contributed by atoms with Gasteiger partial charge in [-0.2, -0.15) is 0 Å². The van der Waals surface area contributed by atoms with Gasteiger partial charge < -0.3 is 5.32 Å². The van der Waals surface area contributed by atoms with Gasteiger partial charge in [0.15, 0.2) is 0 Å². The average Bonchev–Trinajstić information content (AvgIpc) is 2.47. The molecule has 1 heterocycles. The first-order valence-corrected chi connectivity index (χ1v) is 7.85. The monoisotopic (exact) mass is 282 g/mol. The number of benzene rings is 1. The molecule has 1 atom stereocenters. The Hall–Kier alpha value is -1.67. The average molecular weight is 282 g/mol. The Morgan fingerprint density at radius 2 is 1.81 bits per heavy atom. The molecule has 0 radical (unpaired) electrons.